The van der Waals surface area contributed by atoms with E-state index in [-0.39, 0.29) is 6.04 Å². The quantitative estimate of drug-likeness (QED) is 0.937. The molecule has 1 fully saturated rings. The summed E-state index contributed by atoms with van der Waals surface area (Å²) < 4.78 is 0. The average Bonchev–Trinajstić information content (AvgIpc) is 2.58. The Morgan fingerprint density at radius 1 is 0.905 bits per heavy atom. The molecule has 3 rings (SSSR count). The largest absolute Gasteiger partial charge is 0.314 e. The zero-order valence-corrected chi connectivity index (χ0v) is 12.0. The van der Waals surface area contributed by atoms with Crippen LogP contribution in [0, 0.1) is 11.3 Å². The smallest absolute Gasteiger partial charge is 0.0991 e. The van der Waals surface area contributed by atoms with Crippen molar-refractivity contribution in [3.63, 3.8) is 0 Å². The van der Waals surface area contributed by atoms with E-state index in [1.165, 1.54) is 11.1 Å². The van der Waals surface area contributed by atoms with Crippen LogP contribution in [0.25, 0.3) is 0 Å². The second-order valence-corrected chi connectivity index (χ2v) is 5.33. The Morgan fingerprint density at radius 3 is 2.14 bits per heavy atom. The maximum Gasteiger partial charge on any atom is 0.0991 e. The number of hydrogen-bond acceptors (Lipinski definition) is 3. The molecule has 0 bridgehead atoms. The van der Waals surface area contributed by atoms with Gasteiger partial charge >= 0.3 is 0 Å². The molecular formula is C18H19N3. The van der Waals surface area contributed by atoms with Crippen molar-refractivity contribution in [2.24, 2.45) is 0 Å². The minimum absolute atomic E-state index is 0.265. The number of hydrogen-bond donors (Lipinski definition) is 1. The van der Waals surface area contributed by atoms with E-state index in [2.05, 4.69) is 58.8 Å². The van der Waals surface area contributed by atoms with Gasteiger partial charge in [0, 0.05) is 26.2 Å². The molecule has 0 aliphatic carbocycles. The van der Waals surface area contributed by atoms with E-state index < -0.39 is 0 Å². The molecule has 0 aromatic heterocycles. The zero-order valence-electron chi connectivity index (χ0n) is 12.0. The predicted molar refractivity (Wildman–Crippen MR) is 83.9 cm³/mol. The highest BCUT2D eigenvalue weighted by Crippen LogP contribution is 2.28. The van der Waals surface area contributed by atoms with Crippen molar-refractivity contribution in [2.45, 2.75) is 6.04 Å². The monoisotopic (exact) mass is 277 g/mol. The second-order valence-electron chi connectivity index (χ2n) is 5.33. The van der Waals surface area contributed by atoms with Gasteiger partial charge in [0.25, 0.3) is 0 Å². The standard InChI is InChI=1S/C18H19N3/c19-14-15-6-8-17(9-7-15)18(16-4-2-1-3-5-16)21-12-10-20-11-13-21/h1-9,18,20H,10-13H2/t18-/m0/s1. The summed E-state index contributed by atoms with van der Waals surface area (Å²) in [4.78, 5) is 2.51. The van der Waals surface area contributed by atoms with E-state index in [0.717, 1.165) is 26.2 Å². The topological polar surface area (TPSA) is 39.1 Å². The summed E-state index contributed by atoms with van der Waals surface area (Å²) in [6.07, 6.45) is 0. The highest BCUT2D eigenvalue weighted by Gasteiger charge is 2.23. The number of benzene rings is 2. The highest BCUT2D eigenvalue weighted by atomic mass is 15.2. The third kappa shape index (κ3) is 3.13. The first-order chi connectivity index (χ1) is 10.4. The lowest BCUT2D eigenvalue weighted by Gasteiger charge is -2.35. The van der Waals surface area contributed by atoms with Gasteiger partial charge in [0.15, 0.2) is 0 Å². The Bertz CT molecular complexity index is 607. The van der Waals surface area contributed by atoms with Crippen molar-refractivity contribution in [1.82, 2.24) is 10.2 Å². The normalized spacial score (nSPS) is 17.1. The van der Waals surface area contributed by atoms with Gasteiger partial charge in [-0.2, -0.15) is 5.26 Å². The maximum absolute atomic E-state index is 8.96. The van der Waals surface area contributed by atoms with Crippen LogP contribution >= 0.6 is 0 Å². The van der Waals surface area contributed by atoms with Crippen LogP contribution in [-0.4, -0.2) is 31.1 Å². The van der Waals surface area contributed by atoms with Crippen LogP contribution in [0.2, 0.25) is 0 Å². The summed E-state index contributed by atoms with van der Waals surface area (Å²) in [5.41, 5.74) is 3.28. The molecule has 1 heterocycles. The molecule has 2 aromatic rings. The first-order valence-electron chi connectivity index (χ1n) is 7.38. The molecule has 0 unspecified atom stereocenters. The van der Waals surface area contributed by atoms with E-state index >= 15 is 0 Å². The molecule has 1 atom stereocenters. The van der Waals surface area contributed by atoms with Crippen molar-refractivity contribution >= 4 is 0 Å². The molecular weight excluding hydrogens is 258 g/mol. The highest BCUT2D eigenvalue weighted by molar-refractivity contribution is 5.37. The molecule has 1 N–H and O–H groups in total. The fraction of sp³-hybridized carbons (Fsp3) is 0.278. The van der Waals surface area contributed by atoms with E-state index in [1.54, 1.807) is 0 Å². The molecule has 1 aliphatic heterocycles. The molecule has 0 spiro atoms. The van der Waals surface area contributed by atoms with Crippen LogP contribution in [0.5, 0.6) is 0 Å². The molecule has 0 amide bonds. The van der Waals surface area contributed by atoms with Crippen molar-refractivity contribution < 1.29 is 0 Å². The SMILES string of the molecule is N#Cc1ccc([C@H](c2ccccc2)N2CCNCC2)cc1. The first kappa shape index (κ1) is 13.8. The molecule has 106 valence electrons. The zero-order chi connectivity index (χ0) is 14.5. The van der Waals surface area contributed by atoms with E-state index in [4.69, 9.17) is 5.26 Å². The first-order valence-corrected chi connectivity index (χ1v) is 7.38. The number of nitriles is 1. The van der Waals surface area contributed by atoms with Crippen LogP contribution in [0.3, 0.4) is 0 Å². The third-order valence-corrected chi connectivity index (χ3v) is 3.99. The molecule has 3 heteroatoms. The molecule has 0 radical (unpaired) electrons. The van der Waals surface area contributed by atoms with Crippen LogP contribution in [0.4, 0.5) is 0 Å². The fourth-order valence-electron chi connectivity index (χ4n) is 2.93. The summed E-state index contributed by atoms with van der Waals surface area (Å²) >= 11 is 0. The molecule has 21 heavy (non-hydrogen) atoms. The van der Waals surface area contributed by atoms with E-state index in [9.17, 15) is 0 Å². The maximum atomic E-state index is 8.96. The van der Waals surface area contributed by atoms with Crippen molar-refractivity contribution in [2.75, 3.05) is 26.2 Å². The number of rotatable bonds is 3. The Balaban J connectivity index is 1.96. The molecule has 0 saturated carbocycles. The van der Waals surface area contributed by atoms with Gasteiger partial charge in [-0.25, -0.2) is 0 Å². The van der Waals surface area contributed by atoms with Crippen LogP contribution in [0.15, 0.2) is 54.6 Å². The summed E-state index contributed by atoms with van der Waals surface area (Å²) in [6, 6.07) is 21.0. The Kier molecular flexibility index (Phi) is 4.30. The lowest BCUT2D eigenvalue weighted by Crippen LogP contribution is -2.45. The second kappa shape index (κ2) is 6.53. The lowest BCUT2D eigenvalue weighted by atomic mass is 9.96. The predicted octanol–water partition coefficient (Wildman–Crippen LogP) is 2.55. The van der Waals surface area contributed by atoms with Gasteiger partial charge < -0.3 is 5.32 Å². The number of nitrogens with zero attached hydrogens (tertiary/aromatic N) is 2. The van der Waals surface area contributed by atoms with Crippen LogP contribution < -0.4 is 5.32 Å². The summed E-state index contributed by atoms with van der Waals surface area (Å²) in [7, 11) is 0. The van der Waals surface area contributed by atoms with Gasteiger partial charge in [-0.15, -0.1) is 0 Å². The summed E-state index contributed by atoms with van der Waals surface area (Å²) in [5, 5.41) is 12.4. The minimum atomic E-state index is 0.265. The minimum Gasteiger partial charge on any atom is -0.314 e. The van der Waals surface area contributed by atoms with Crippen molar-refractivity contribution in [3.8, 4) is 6.07 Å². The lowest BCUT2D eigenvalue weighted by molar-refractivity contribution is 0.198. The Morgan fingerprint density at radius 2 is 1.52 bits per heavy atom. The molecule has 3 nitrogen and oxygen atoms in total. The number of nitrogens with one attached hydrogen (secondary N) is 1. The number of piperazine rings is 1. The van der Waals surface area contributed by atoms with Gasteiger partial charge in [-0.05, 0) is 23.3 Å². The van der Waals surface area contributed by atoms with E-state index in [0.29, 0.717) is 5.56 Å². The third-order valence-electron chi connectivity index (χ3n) is 3.99. The summed E-state index contributed by atoms with van der Waals surface area (Å²) in [5.74, 6) is 0. The van der Waals surface area contributed by atoms with E-state index in [1.807, 2.05) is 12.1 Å². The molecule has 1 aliphatic rings. The van der Waals surface area contributed by atoms with Gasteiger partial charge in [-0.1, -0.05) is 42.5 Å². The summed E-state index contributed by atoms with van der Waals surface area (Å²) in [6.45, 7) is 4.14. The van der Waals surface area contributed by atoms with Gasteiger partial charge in [0.2, 0.25) is 0 Å². The van der Waals surface area contributed by atoms with Crippen molar-refractivity contribution in [1.29, 1.82) is 5.26 Å². The van der Waals surface area contributed by atoms with Crippen molar-refractivity contribution in [3.05, 3.63) is 71.3 Å². The average molecular weight is 277 g/mol. The van der Waals surface area contributed by atoms with Crippen LogP contribution in [-0.2, 0) is 0 Å². The fourth-order valence-corrected chi connectivity index (χ4v) is 2.93. The Labute approximate surface area is 125 Å². The van der Waals surface area contributed by atoms with Crippen LogP contribution in [0.1, 0.15) is 22.7 Å². The van der Waals surface area contributed by atoms with Gasteiger partial charge in [0.1, 0.15) is 0 Å². The Hall–Kier alpha value is -2.15. The molecule has 1 saturated heterocycles. The van der Waals surface area contributed by atoms with Gasteiger partial charge in [-0.3, -0.25) is 4.90 Å². The van der Waals surface area contributed by atoms with Gasteiger partial charge in [0.05, 0.1) is 17.7 Å². The molecule has 2 aromatic carbocycles.